The number of esters is 1. The summed E-state index contributed by atoms with van der Waals surface area (Å²) in [6.07, 6.45) is -3.65. The summed E-state index contributed by atoms with van der Waals surface area (Å²) in [4.78, 5) is 27.2. The molecule has 3 aromatic rings. The number of rotatable bonds is 4. The lowest BCUT2D eigenvalue weighted by molar-refractivity contribution is -0.145. The lowest BCUT2D eigenvalue weighted by Gasteiger charge is -2.09. The summed E-state index contributed by atoms with van der Waals surface area (Å²) in [5.74, 6) is -2.87. The monoisotopic (exact) mass is 389 g/mol. The summed E-state index contributed by atoms with van der Waals surface area (Å²) in [5, 5.41) is 2.31. The molecule has 0 bridgehead atoms. The highest BCUT2D eigenvalue weighted by atomic mass is 19.4. The molecule has 1 amide bonds. The van der Waals surface area contributed by atoms with E-state index in [9.17, 15) is 22.8 Å². The summed E-state index contributed by atoms with van der Waals surface area (Å²) < 4.78 is 45.9. The van der Waals surface area contributed by atoms with Crippen LogP contribution in [0.15, 0.2) is 60.8 Å². The van der Waals surface area contributed by atoms with Crippen LogP contribution < -0.4 is 10.1 Å². The Hall–Kier alpha value is -3.62. The van der Waals surface area contributed by atoms with Gasteiger partial charge in [0.2, 0.25) is 5.82 Å². The van der Waals surface area contributed by atoms with E-state index in [2.05, 4.69) is 10.3 Å². The van der Waals surface area contributed by atoms with Crippen LogP contribution in [0.5, 0.6) is 5.75 Å². The van der Waals surface area contributed by atoms with Crippen molar-refractivity contribution in [1.29, 1.82) is 0 Å². The number of hydrogen-bond donors (Lipinski definition) is 1. The highest BCUT2D eigenvalue weighted by Crippen LogP contribution is 2.32. The van der Waals surface area contributed by atoms with Gasteiger partial charge in [0, 0.05) is 12.6 Å². The number of hydrogen-bond acceptors (Lipinski definition) is 4. The molecule has 2 aromatic carbocycles. The van der Waals surface area contributed by atoms with Crippen LogP contribution in [-0.4, -0.2) is 21.4 Å². The van der Waals surface area contributed by atoms with Gasteiger partial charge in [0.05, 0.1) is 11.8 Å². The van der Waals surface area contributed by atoms with Crippen molar-refractivity contribution in [3.05, 3.63) is 72.2 Å². The Morgan fingerprint density at radius 2 is 1.68 bits per heavy atom. The Labute approximate surface area is 157 Å². The van der Waals surface area contributed by atoms with Crippen molar-refractivity contribution < 1.29 is 27.5 Å². The molecule has 9 heteroatoms. The standard InChI is InChI=1S/C19H14F3N3O3/c1-12(26)28-15-10-6-5-9-14(15)17(27)23-16-11-25(13-7-3-2-4-8-13)18(24-16)19(20,21)22/h2-11H,1H3,(H,23,27). The van der Waals surface area contributed by atoms with Crippen molar-refractivity contribution in [2.45, 2.75) is 13.1 Å². The molecule has 0 spiro atoms. The van der Waals surface area contributed by atoms with Gasteiger partial charge in [-0.05, 0) is 24.3 Å². The van der Waals surface area contributed by atoms with Gasteiger partial charge < -0.3 is 10.1 Å². The average molecular weight is 389 g/mol. The number of aromatic nitrogens is 2. The van der Waals surface area contributed by atoms with E-state index in [1.807, 2.05) is 0 Å². The zero-order valence-electron chi connectivity index (χ0n) is 14.5. The summed E-state index contributed by atoms with van der Waals surface area (Å²) >= 11 is 0. The lowest BCUT2D eigenvalue weighted by atomic mass is 10.2. The van der Waals surface area contributed by atoms with Crippen LogP contribution in [0.1, 0.15) is 23.1 Å². The number of para-hydroxylation sites is 2. The number of nitrogens with zero attached hydrogens (tertiary/aromatic N) is 2. The van der Waals surface area contributed by atoms with Crippen molar-refractivity contribution in [1.82, 2.24) is 9.55 Å². The van der Waals surface area contributed by atoms with Crippen LogP contribution >= 0.6 is 0 Å². The lowest BCUT2D eigenvalue weighted by Crippen LogP contribution is -2.15. The molecule has 0 aliphatic heterocycles. The Morgan fingerprint density at radius 1 is 1.04 bits per heavy atom. The molecule has 28 heavy (non-hydrogen) atoms. The second-order valence-corrected chi connectivity index (χ2v) is 5.70. The van der Waals surface area contributed by atoms with E-state index >= 15 is 0 Å². The maximum Gasteiger partial charge on any atom is 0.450 e. The van der Waals surface area contributed by atoms with Crippen molar-refractivity contribution >= 4 is 17.7 Å². The van der Waals surface area contributed by atoms with Gasteiger partial charge in [-0.15, -0.1) is 0 Å². The number of carbonyl (C=O) groups excluding carboxylic acids is 2. The second kappa shape index (κ2) is 7.55. The van der Waals surface area contributed by atoms with Crippen molar-refractivity contribution in [3.63, 3.8) is 0 Å². The molecular formula is C19H14F3N3O3. The van der Waals surface area contributed by atoms with E-state index < -0.39 is 23.9 Å². The van der Waals surface area contributed by atoms with Gasteiger partial charge in [-0.2, -0.15) is 13.2 Å². The molecule has 1 N–H and O–H groups in total. The van der Waals surface area contributed by atoms with Crippen LogP contribution in [0.3, 0.4) is 0 Å². The normalized spacial score (nSPS) is 11.1. The van der Waals surface area contributed by atoms with E-state index in [4.69, 9.17) is 4.74 Å². The minimum atomic E-state index is -4.73. The number of alkyl halides is 3. The minimum absolute atomic E-state index is 0.00830. The molecule has 0 unspecified atom stereocenters. The summed E-state index contributed by atoms with van der Waals surface area (Å²) in [6, 6.07) is 13.7. The first-order valence-electron chi connectivity index (χ1n) is 8.06. The van der Waals surface area contributed by atoms with Gasteiger partial charge in [0.15, 0.2) is 5.82 Å². The number of benzene rings is 2. The minimum Gasteiger partial charge on any atom is -0.426 e. The molecule has 0 radical (unpaired) electrons. The van der Waals surface area contributed by atoms with E-state index in [-0.39, 0.29) is 22.8 Å². The maximum atomic E-state index is 13.4. The number of ether oxygens (including phenoxy) is 1. The van der Waals surface area contributed by atoms with Crippen molar-refractivity contribution in [2.24, 2.45) is 0 Å². The first-order valence-corrected chi connectivity index (χ1v) is 8.06. The summed E-state index contributed by atoms with van der Waals surface area (Å²) in [5.41, 5.74) is 0.226. The van der Waals surface area contributed by atoms with Gasteiger partial charge >= 0.3 is 12.1 Å². The molecule has 144 valence electrons. The number of carbonyl (C=O) groups is 2. The Morgan fingerprint density at radius 3 is 2.32 bits per heavy atom. The van der Waals surface area contributed by atoms with Crippen LogP contribution in [0, 0.1) is 0 Å². The first kappa shape index (κ1) is 19.2. The fourth-order valence-electron chi connectivity index (χ4n) is 2.51. The fourth-order valence-corrected chi connectivity index (χ4v) is 2.51. The van der Waals surface area contributed by atoms with E-state index in [1.54, 1.807) is 24.3 Å². The van der Waals surface area contributed by atoms with E-state index in [0.29, 0.717) is 0 Å². The maximum absolute atomic E-state index is 13.4. The number of imidazole rings is 1. The molecule has 1 heterocycles. The zero-order chi connectivity index (χ0) is 20.3. The quantitative estimate of drug-likeness (QED) is 0.539. The largest absolute Gasteiger partial charge is 0.450 e. The molecule has 1 aromatic heterocycles. The third-order valence-electron chi connectivity index (χ3n) is 3.62. The molecule has 0 saturated heterocycles. The van der Waals surface area contributed by atoms with Gasteiger partial charge in [0.25, 0.3) is 5.91 Å². The third-order valence-corrected chi connectivity index (χ3v) is 3.62. The van der Waals surface area contributed by atoms with E-state index in [0.717, 1.165) is 10.8 Å². The summed E-state index contributed by atoms with van der Waals surface area (Å²) in [7, 11) is 0. The van der Waals surface area contributed by atoms with E-state index in [1.165, 1.54) is 37.3 Å². The number of amides is 1. The Kier molecular flexibility index (Phi) is 5.16. The number of nitrogens with one attached hydrogen (secondary N) is 1. The van der Waals surface area contributed by atoms with Crippen molar-refractivity contribution in [2.75, 3.05) is 5.32 Å². The van der Waals surface area contributed by atoms with Gasteiger partial charge in [-0.25, -0.2) is 4.98 Å². The topological polar surface area (TPSA) is 73.2 Å². The Balaban J connectivity index is 1.95. The van der Waals surface area contributed by atoms with Crippen LogP contribution in [0.25, 0.3) is 5.69 Å². The van der Waals surface area contributed by atoms with Crippen LogP contribution in [-0.2, 0) is 11.0 Å². The van der Waals surface area contributed by atoms with Crippen molar-refractivity contribution in [3.8, 4) is 11.4 Å². The molecule has 6 nitrogen and oxygen atoms in total. The third kappa shape index (κ3) is 4.20. The molecule has 0 saturated carbocycles. The fraction of sp³-hybridized carbons (Fsp3) is 0.105. The predicted octanol–water partition coefficient (Wildman–Crippen LogP) is 4.07. The molecular weight excluding hydrogens is 375 g/mol. The van der Waals surface area contributed by atoms with Gasteiger partial charge in [-0.1, -0.05) is 30.3 Å². The molecule has 0 aliphatic carbocycles. The molecule has 0 atom stereocenters. The highest BCUT2D eigenvalue weighted by Gasteiger charge is 2.37. The summed E-state index contributed by atoms with van der Waals surface area (Å²) in [6.45, 7) is 1.17. The zero-order valence-corrected chi connectivity index (χ0v) is 14.5. The smallest absolute Gasteiger partial charge is 0.426 e. The van der Waals surface area contributed by atoms with Gasteiger partial charge in [0.1, 0.15) is 5.75 Å². The molecule has 0 aliphatic rings. The predicted molar refractivity (Wildman–Crippen MR) is 94.3 cm³/mol. The molecule has 0 fully saturated rings. The number of halogens is 3. The SMILES string of the molecule is CC(=O)Oc1ccccc1C(=O)Nc1cn(-c2ccccc2)c(C(F)(F)F)n1. The van der Waals surface area contributed by atoms with Gasteiger partial charge in [-0.3, -0.25) is 14.2 Å². The average Bonchev–Trinajstić information content (AvgIpc) is 3.06. The molecule has 3 rings (SSSR count). The number of anilines is 1. The first-order chi connectivity index (χ1) is 13.3. The second-order valence-electron chi connectivity index (χ2n) is 5.70. The van der Waals surface area contributed by atoms with Crippen LogP contribution in [0.4, 0.5) is 19.0 Å². The Bertz CT molecular complexity index is 1010. The highest BCUT2D eigenvalue weighted by molar-refractivity contribution is 6.06. The van der Waals surface area contributed by atoms with Crippen LogP contribution in [0.2, 0.25) is 0 Å².